The van der Waals surface area contributed by atoms with Crippen LogP contribution in [0.5, 0.6) is 0 Å². The number of hydrogen-bond donors (Lipinski definition) is 1. The quantitative estimate of drug-likeness (QED) is 0.666. The van der Waals surface area contributed by atoms with Gasteiger partial charge in [-0.05, 0) is 44.9 Å². The maximum atomic E-state index is 13.8. The van der Waals surface area contributed by atoms with Crippen molar-refractivity contribution in [2.75, 3.05) is 18.8 Å². The van der Waals surface area contributed by atoms with Gasteiger partial charge in [0.2, 0.25) is 0 Å². The van der Waals surface area contributed by atoms with E-state index in [-0.39, 0.29) is 46.7 Å². The van der Waals surface area contributed by atoms with Crippen LogP contribution in [0, 0.1) is 13.8 Å². The van der Waals surface area contributed by atoms with Gasteiger partial charge in [0.1, 0.15) is 17.3 Å². The maximum absolute atomic E-state index is 13.8. The lowest BCUT2D eigenvalue weighted by Gasteiger charge is -2.32. The van der Waals surface area contributed by atoms with Crippen LogP contribution in [0.3, 0.4) is 0 Å². The zero-order valence-electron chi connectivity index (χ0n) is 17.1. The molecule has 3 aromatic rings. The minimum atomic E-state index is -4.64. The summed E-state index contributed by atoms with van der Waals surface area (Å²) in [5.41, 5.74) is 6.06. The minimum absolute atomic E-state index is 0.0846. The van der Waals surface area contributed by atoms with Crippen LogP contribution in [0.15, 0.2) is 24.3 Å². The maximum Gasteiger partial charge on any atom is 0.417 e. The van der Waals surface area contributed by atoms with Gasteiger partial charge in [0.05, 0.1) is 10.9 Å². The number of alkyl halides is 3. The highest BCUT2D eigenvalue weighted by Gasteiger charge is 2.36. The van der Waals surface area contributed by atoms with Gasteiger partial charge in [0, 0.05) is 30.4 Å². The third-order valence-electron chi connectivity index (χ3n) is 5.37. The van der Waals surface area contributed by atoms with Crippen molar-refractivity contribution in [3.63, 3.8) is 0 Å². The van der Waals surface area contributed by atoms with Gasteiger partial charge in [-0.1, -0.05) is 6.07 Å². The molecule has 0 radical (unpaired) electrons. The number of carbonyl (C=O) groups excluding carboxylic acids is 1. The van der Waals surface area contributed by atoms with Gasteiger partial charge in [0.15, 0.2) is 5.65 Å². The number of hydrogen-bond acceptors (Lipinski definition) is 6. The van der Waals surface area contributed by atoms with E-state index in [0.29, 0.717) is 25.1 Å². The molecule has 1 atom stereocenters. The van der Waals surface area contributed by atoms with Gasteiger partial charge < -0.3 is 10.6 Å². The lowest BCUT2D eigenvalue weighted by molar-refractivity contribution is -0.136. The van der Waals surface area contributed by atoms with Crippen molar-refractivity contribution in [1.82, 2.24) is 24.8 Å². The number of aromatic nitrogens is 4. The molecule has 0 spiro atoms. The summed E-state index contributed by atoms with van der Waals surface area (Å²) in [5.74, 6) is -0.606. The molecule has 2 N–H and O–H groups in total. The fraction of sp³-hybridized carbons (Fsp3) is 0.381. The number of aryl methyl sites for hydroxylation is 2. The van der Waals surface area contributed by atoms with E-state index < -0.39 is 11.7 Å². The van der Waals surface area contributed by atoms with Crippen LogP contribution in [0.1, 0.15) is 52.0 Å². The summed E-state index contributed by atoms with van der Waals surface area (Å²) in [7, 11) is 0. The molecular formula is C21H21F3N6O. The smallest absolute Gasteiger partial charge is 0.383 e. The average Bonchev–Trinajstić information content (AvgIpc) is 2.71. The molecule has 0 aliphatic carbocycles. The molecule has 4 rings (SSSR count). The molecule has 1 aliphatic rings. The van der Waals surface area contributed by atoms with Gasteiger partial charge in [-0.25, -0.2) is 19.9 Å². The summed E-state index contributed by atoms with van der Waals surface area (Å²) >= 11 is 0. The van der Waals surface area contributed by atoms with Crippen molar-refractivity contribution in [3.8, 4) is 0 Å². The monoisotopic (exact) mass is 430 g/mol. The van der Waals surface area contributed by atoms with Gasteiger partial charge >= 0.3 is 6.18 Å². The molecule has 1 amide bonds. The van der Waals surface area contributed by atoms with Gasteiger partial charge in [-0.15, -0.1) is 0 Å². The Morgan fingerprint density at radius 3 is 2.65 bits per heavy atom. The average molecular weight is 430 g/mol. The predicted molar refractivity (Wildman–Crippen MR) is 108 cm³/mol. The van der Waals surface area contributed by atoms with Crippen molar-refractivity contribution in [2.24, 2.45) is 0 Å². The van der Waals surface area contributed by atoms with E-state index in [9.17, 15) is 18.0 Å². The Morgan fingerprint density at radius 2 is 1.94 bits per heavy atom. The third kappa shape index (κ3) is 4.14. The van der Waals surface area contributed by atoms with Gasteiger partial charge in [0.25, 0.3) is 5.91 Å². The van der Waals surface area contributed by atoms with Crippen LogP contribution in [-0.2, 0) is 6.18 Å². The standard InChI is InChI=1S/C21H21F3N6O/c1-11-5-3-7-15(26-11)20(31)30-8-4-6-13(10-30)16-9-14(21(22,23)24)17-18(25)27-12(2)28-19(17)29-16/h3,5,7,9,13H,4,6,8,10H2,1-2H3,(H2,25,27,28,29). The molecule has 4 heterocycles. The number of piperidine rings is 1. The zero-order chi connectivity index (χ0) is 22.3. The summed E-state index contributed by atoms with van der Waals surface area (Å²) in [6, 6.07) is 6.20. The Morgan fingerprint density at radius 1 is 1.16 bits per heavy atom. The Balaban J connectivity index is 1.72. The zero-order valence-corrected chi connectivity index (χ0v) is 17.1. The second kappa shape index (κ2) is 7.75. The number of rotatable bonds is 2. The minimum Gasteiger partial charge on any atom is -0.383 e. The third-order valence-corrected chi connectivity index (χ3v) is 5.37. The largest absolute Gasteiger partial charge is 0.417 e. The first kappa shape index (κ1) is 21.0. The predicted octanol–water partition coefficient (Wildman–Crippen LogP) is 3.66. The Labute approximate surface area is 176 Å². The van der Waals surface area contributed by atoms with Crippen LogP contribution in [0.4, 0.5) is 19.0 Å². The van der Waals surface area contributed by atoms with Gasteiger partial charge in [-0.3, -0.25) is 4.79 Å². The molecular weight excluding hydrogens is 409 g/mol. The van der Waals surface area contributed by atoms with E-state index in [4.69, 9.17) is 5.73 Å². The first-order valence-electron chi connectivity index (χ1n) is 9.88. The molecule has 7 nitrogen and oxygen atoms in total. The summed E-state index contributed by atoms with van der Waals surface area (Å²) in [4.78, 5) is 31.1. The van der Waals surface area contributed by atoms with Crippen molar-refractivity contribution in [3.05, 3.63) is 52.7 Å². The van der Waals surface area contributed by atoms with E-state index in [2.05, 4.69) is 19.9 Å². The molecule has 1 aliphatic heterocycles. The number of amides is 1. The summed E-state index contributed by atoms with van der Waals surface area (Å²) in [6.07, 6.45) is -3.38. The van der Waals surface area contributed by atoms with E-state index in [1.54, 1.807) is 36.9 Å². The molecule has 1 saturated heterocycles. The number of carbonyl (C=O) groups is 1. The number of nitrogen functional groups attached to an aromatic ring is 1. The van der Waals surface area contributed by atoms with Crippen LogP contribution in [0.2, 0.25) is 0 Å². The van der Waals surface area contributed by atoms with Crippen molar-refractivity contribution >= 4 is 22.8 Å². The number of pyridine rings is 2. The molecule has 1 unspecified atom stereocenters. The molecule has 3 aromatic heterocycles. The SMILES string of the molecule is Cc1cccc(C(=O)N2CCCC(c3cc(C(F)(F)F)c4c(N)nc(C)nc4n3)C2)n1. The molecule has 10 heteroatoms. The molecule has 162 valence electrons. The van der Waals surface area contributed by atoms with Crippen LogP contribution >= 0.6 is 0 Å². The number of fused-ring (bicyclic) bond motifs is 1. The Kier molecular flexibility index (Phi) is 5.24. The van der Waals surface area contributed by atoms with Crippen molar-refractivity contribution < 1.29 is 18.0 Å². The van der Waals surface area contributed by atoms with Crippen molar-refractivity contribution in [2.45, 2.75) is 38.8 Å². The Hall–Kier alpha value is -3.30. The summed E-state index contributed by atoms with van der Waals surface area (Å²) < 4.78 is 41.4. The Bertz CT molecular complexity index is 1160. The first-order valence-corrected chi connectivity index (χ1v) is 9.88. The van der Waals surface area contributed by atoms with E-state index in [1.165, 1.54) is 0 Å². The number of nitrogens with two attached hydrogens (primary N) is 1. The molecule has 0 bridgehead atoms. The summed E-state index contributed by atoms with van der Waals surface area (Å²) in [6.45, 7) is 4.11. The fourth-order valence-electron chi connectivity index (χ4n) is 3.95. The highest BCUT2D eigenvalue weighted by molar-refractivity contribution is 5.92. The van der Waals surface area contributed by atoms with Crippen LogP contribution in [0.25, 0.3) is 11.0 Å². The number of anilines is 1. The topological polar surface area (TPSA) is 97.9 Å². The fourth-order valence-corrected chi connectivity index (χ4v) is 3.95. The molecule has 31 heavy (non-hydrogen) atoms. The number of nitrogens with zero attached hydrogens (tertiary/aromatic N) is 5. The van der Waals surface area contributed by atoms with Crippen LogP contribution < -0.4 is 5.73 Å². The highest BCUT2D eigenvalue weighted by Crippen LogP contribution is 2.38. The highest BCUT2D eigenvalue weighted by atomic mass is 19.4. The lowest BCUT2D eigenvalue weighted by Crippen LogP contribution is -2.39. The summed E-state index contributed by atoms with van der Waals surface area (Å²) in [5, 5.41) is -0.297. The lowest BCUT2D eigenvalue weighted by atomic mass is 9.92. The molecule has 0 saturated carbocycles. The van der Waals surface area contributed by atoms with Crippen LogP contribution in [-0.4, -0.2) is 43.8 Å². The van der Waals surface area contributed by atoms with E-state index >= 15 is 0 Å². The van der Waals surface area contributed by atoms with E-state index in [0.717, 1.165) is 11.8 Å². The van der Waals surface area contributed by atoms with E-state index in [1.807, 2.05) is 0 Å². The second-order valence-electron chi connectivity index (χ2n) is 7.70. The first-order chi connectivity index (χ1) is 14.6. The molecule has 0 aromatic carbocycles. The number of halogens is 3. The van der Waals surface area contributed by atoms with Crippen molar-refractivity contribution in [1.29, 1.82) is 0 Å². The normalized spacial score (nSPS) is 17.2. The molecule has 1 fully saturated rings. The number of likely N-dealkylation sites (tertiary alicyclic amines) is 1. The van der Waals surface area contributed by atoms with Gasteiger partial charge in [-0.2, -0.15) is 13.2 Å². The second-order valence-corrected chi connectivity index (χ2v) is 7.70.